The van der Waals surface area contributed by atoms with Crippen LogP contribution in [0.2, 0.25) is 0 Å². The first-order chi connectivity index (χ1) is 15.6. The van der Waals surface area contributed by atoms with Crippen LogP contribution in [-0.4, -0.2) is 45.8 Å². The van der Waals surface area contributed by atoms with Gasteiger partial charge in [0.05, 0.1) is 13.2 Å². The summed E-state index contributed by atoms with van der Waals surface area (Å²) in [4.78, 5) is 25.9. The summed E-state index contributed by atoms with van der Waals surface area (Å²) < 4.78 is 31.9. The Bertz CT molecular complexity index is 1110. The molecule has 1 unspecified atom stereocenters. The molecule has 178 valence electrons. The molecule has 2 aromatic carbocycles. The molecule has 33 heavy (non-hydrogen) atoms. The molecule has 0 aromatic heterocycles. The number of aryl methyl sites for hydroxylation is 1. The predicted molar refractivity (Wildman–Crippen MR) is 128 cm³/mol. The molecule has 1 atom stereocenters. The average Bonchev–Trinajstić information content (AvgIpc) is 2.81. The van der Waals surface area contributed by atoms with Crippen molar-refractivity contribution in [2.24, 2.45) is 5.73 Å². The zero-order chi connectivity index (χ0) is 24.6. The van der Waals surface area contributed by atoms with Crippen LogP contribution in [0.1, 0.15) is 43.0 Å². The second-order valence-corrected chi connectivity index (χ2v) is 9.41. The lowest BCUT2D eigenvalue weighted by Crippen LogP contribution is -2.39. The van der Waals surface area contributed by atoms with Crippen molar-refractivity contribution in [2.75, 3.05) is 20.7 Å². The number of sulfonamides is 1. The van der Waals surface area contributed by atoms with Crippen molar-refractivity contribution < 1.29 is 22.7 Å². The van der Waals surface area contributed by atoms with E-state index in [1.165, 1.54) is 48.9 Å². The summed E-state index contributed by atoms with van der Waals surface area (Å²) in [5.74, 6) is -0.867. The first-order valence-corrected chi connectivity index (χ1v) is 12.1. The molecule has 0 radical (unpaired) electrons. The van der Waals surface area contributed by atoms with Gasteiger partial charge in [0.25, 0.3) is 0 Å². The quantitative estimate of drug-likeness (QED) is 0.486. The number of primary amides is 1. The minimum Gasteiger partial charge on any atom is -0.495 e. The van der Waals surface area contributed by atoms with E-state index in [1.807, 2.05) is 31.2 Å². The van der Waals surface area contributed by atoms with E-state index < -0.39 is 21.8 Å². The maximum Gasteiger partial charge on any atom is 0.247 e. The topological polar surface area (TPSA) is 119 Å². The molecule has 3 N–H and O–H groups in total. The van der Waals surface area contributed by atoms with Crippen LogP contribution in [0.3, 0.4) is 0 Å². The first kappa shape index (κ1) is 26.1. The number of carbonyl (C=O) groups is 2. The van der Waals surface area contributed by atoms with Crippen LogP contribution in [0.15, 0.2) is 53.4 Å². The summed E-state index contributed by atoms with van der Waals surface area (Å²) in [6.07, 6.45) is 4.78. The highest BCUT2D eigenvalue weighted by molar-refractivity contribution is 7.89. The molecule has 0 saturated carbocycles. The molecule has 0 aliphatic rings. The van der Waals surface area contributed by atoms with Crippen molar-refractivity contribution in [1.82, 2.24) is 9.62 Å². The molecule has 0 aliphatic heterocycles. The third-order valence-corrected chi connectivity index (χ3v) is 6.68. The smallest absolute Gasteiger partial charge is 0.247 e. The van der Waals surface area contributed by atoms with Gasteiger partial charge in [0.2, 0.25) is 21.8 Å². The van der Waals surface area contributed by atoms with Crippen LogP contribution in [0.5, 0.6) is 5.75 Å². The number of nitrogens with zero attached hydrogens (tertiary/aromatic N) is 1. The van der Waals surface area contributed by atoms with Crippen LogP contribution in [0.25, 0.3) is 6.08 Å². The van der Waals surface area contributed by atoms with Gasteiger partial charge in [0.15, 0.2) is 0 Å². The summed E-state index contributed by atoms with van der Waals surface area (Å²) >= 11 is 0. The molecule has 2 aromatic rings. The molecule has 0 spiro atoms. The lowest BCUT2D eigenvalue weighted by Gasteiger charge is -2.27. The Morgan fingerprint density at radius 1 is 1.18 bits per heavy atom. The third-order valence-electron chi connectivity index (χ3n) is 5.24. The summed E-state index contributed by atoms with van der Waals surface area (Å²) in [6.45, 7) is 3.69. The molecule has 2 amide bonds. The van der Waals surface area contributed by atoms with Crippen molar-refractivity contribution in [1.29, 1.82) is 0 Å². The van der Waals surface area contributed by atoms with Gasteiger partial charge in [-0.2, -0.15) is 0 Å². The minimum atomic E-state index is -3.76. The van der Waals surface area contributed by atoms with E-state index in [0.29, 0.717) is 5.56 Å². The van der Waals surface area contributed by atoms with Crippen molar-refractivity contribution in [3.63, 3.8) is 0 Å². The molecule has 0 fully saturated rings. The van der Waals surface area contributed by atoms with Gasteiger partial charge in [-0.3, -0.25) is 9.59 Å². The highest BCUT2D eigenvalue weighted by atomic mass is 32.2. The largest absolute Gasteiger partial charge is 0.495 e. The van der Waals surface area contributed by atoms with E-state index in [9.17, 15) is 18.0 Å². The number of methoxy groups -OCH3 is 1. The number of rotatable bonds is 11. The second kappa shape index (κ2) is 11.6. The fourth-order valence-electron chi connectivity index (χ4n) is 3.39. The summed E-state index contributed by atoms with van der Waals surface area (Å²) in [5, 5.41) is 0. The van der Waals surface area contributed by atoms with E-state index in [-0.39, 0.29) is 23.2 Å². The Morgan fingerprint density at radius 3 is 2.39 bits per heavy atom. The zero-order valence-corrected chi connectivity index (χ0v) is 20.2. The highest BCUT2D eigenvalue weighted by Crippen LogP contribution is 2.26. The van der Waals surface area contributed by atoms with Gasteiger partial charge in [-0.15, -0.1) is 0 Å². The summed E-state index contributed by atoms with van der Waals surface area (Å²) in [7, 11) is -1.08. The molecule has 0 saturated heterocycles. The Morgan fingerprint density at radius 2 is 1.85 bits per heavy atom. The molecule has 0 heterocycles. The van der Waals surface area contributed by atoms with Gasteiger partial charge in [-0.05, 0) is 55.3 Å². The third kappa shape index (κ3) is 6.90. The molecule has 9 heteroatoms. The highest BCUT2D eigenvalue weighted by Gasteiger charge is 2.22. The van der Waals surface area contributed by atoms with E-state index in [2.05, 4.69) is 11.6 Å². The Balaban J connectivity index is 2.31. The number of ether oxygens (including phenoxy) is 1. The second-order valence-electron chi connectivity index (χ2n) is 7.55. The summed E-state index contributed by atoms with van der Waals surface area (Å²) in [5.41, 5.74) is 7.95. The maximum atomic E-state index is 13.0. The number of hydrogen-bond acceptors (Lipinski definition) is 5. The van der Waals surface area contributed by atoms with Crippen molar-refractivity contribution >= 4 is 27.9 Å². The Kier molecular flexibility index (Phi) is 9.19. The molecular weight excluding hydrogens is 442 g/mol. The molecule has 0 aliphatic carbocycles. The van der Waals surface area contributed by atoms with E-state index in [4.69, 9.17) is 10.5 Å². The number of benzene rings is 2. The van der Waals surface area contributed by atoms with E-state index in [1.54, 1.807) is 6.07 Å². The Hall–Kier alpha value is -3.17. The standard InChI is InChI=1S/C24H31N3O5S/c1-5-6-18-7-11-20(12-8-18)17(2)27(16-23(25)28)24(29)14-10-19-9-13-21(32-4)22(15-19)33(30,31)26-3/h7-15,17,26H,5-6,16H2,1-4H3,(H2,25,28)/b14-10+. The number of nitrogens with one attached hydrogen (secondary N) is 1. The number of nitrogens with two attached hydrogens (primary N) is 1. The van der Waals surface area contributed by atoms with Gasteiger partial charge in [-0.1, -0.05) is 43.7 Å². The lowest BCUT2D eigenvalue weighted by atomic mass is 10.0. The van der Waals surface area contributed by atoms with E-state index >= 15 is 0 Å². The van der Waals surface area contributed by atoms with Crippen molar-refractivity contribution in [3.05, 3.63) is 65.2 Å². The molecule has 0 bridgehead atoms. The molecule has 2 rings (SSSR count). The van der Waals surface area contributed by atoms with Gasteiger partial charge >= 0.3 is 0 Å². The van der Waals surface area contributed by atoms with Gasteiger partial charge in [-0.25, -0.2) is 13.1 Å². The number of carbonyl (C=O) groups excluding carboxylic acids is 2. The van der Waals surface area contributed by atoms with Crippen LogP contribution in [0, 0.1) is 0 Å². The van der Waals surface area contributed by atoms with Crippen molar-refractivity contribution in [3.8, 4) is 5.75 Å². The predicted octanol–water partition coefficient (Wildman–Crippen LogP) is 2.64. The number of amides is 2. The van der Waals surface area contributed by atoms with Crippen LogP contribution in [0.4, 0.5) is 0 Å². The molecular formula is C24H31N3O5S. The first-order valence-electron chi connectivity index (χ1n) is 10.6. The van der Waals surface area contributed by atoms with Crippen LogP contribution < -0.4 is 15.2 Å². The number of hydrogen-bond donors (Lipinski definition) is 2. The van der Waals surface area contributed by atoms with Gasteiger partial charge in [0.1, 0.15) is 17.2 Å². The zero-order valence-electron chi connectivity index (χ0n) is 19.4. The fourth-order valence-corrected chi connectivity index (χ4v) is 4.31. The average molecular weight is 474 g/mol. The lowest BCUT2D eigenvalue weighted by molar-refractivity contribution is -0.133. The Labute approximate surface area is 195 Å². The van der Waals surface area contributed by atoms with Gasteiger partial charge < -0.3 is 15.4 Å². The minimum absolute atomic E-state index is 0.0448. The van der Waals surface area contributed by atoms with Crippen LogP contribution >= 0.6 is 0 Å². The van der Waals surface area contributed by atoms with Gasteiger partial charge in [0, 0.05) is 6.08 Å². The van der Waals surface area contributed by atoms with E-state index in [0.717, 1.165) is 18.4 Å². The monoisotopic (exact) mass is 473 g/mol. The van der Waals surface area contributed by atoms with Crippen LogP contribution in [-0.2, 0) is 26.0 Å². The maximum absolute atomic E-state index is 13.0. The molecule has 8 nitrogen and oxygen atoms in total. The fraction of sp³-hybridized carbons (Fsp3) is 0.333. The van der Waals surface area contributed by atoms with Crippen molar-refractivity contribution in [2.45, 2.75) is 37.6 Å². The SMILES string of the molecule is CCCc1ccc(C(C)N(CC(N)=O)C(=O)/C=C/c2ccc(OC)c(S(=O)(=O)NC)c2)cc1. The normalized spacial score (nSPS) is 12.5. The summed E-state index contributed by atoms with van der Waals surface area (Å²) in [6, 6.07) is 12.1.